The van der Waals surface area contributed by atoms with E-state index in [4.69, 9.17) is 0 Å². The number of ketones is 1. The van der Waals surface area contributed by atoms with Crippen molar-refractivity contribution in [3.63, 3.8) is 0 Å². The molecule has 2 N–H and O–H groups in total. The maximum atomic E-state index is 12.5. The minimum Gasteiger partial charge on any atom is -0.348 e. The van der Waals surface area contributed by atoms with E-state index in [1.54, 1.807) is 12.5 Å². The van der Waals surface area contributed by atoms with Crippen molar-refractivity contribution in [1.29, 1.82) is 0 Å². The molecule has 0 aliphatic heterocycles. The van der Waals surface area contributed by atoms with Gasteiger partial charge in [-0.2, -0.15) is 0 Å². The van der Waals surface area contributed by atoms with E-state index in [0.29, 0.717) is 6.42 Å². The number of hydrogen-bond donors (Lipinski definition) is 2. The van der Waals surface area contributed by atoms with Crippen LogP contribution in [0, 0.1) is 5.41 Å². The molecule has 0 spiro atoms. The van der Waals surface area contributed by atoms with Crippen molar-refractivity contribution in [1.82, 2.24) is 15.3 Å². The van der Waals surface area contributed by atoms with Crippen LogP contribution in [0.25, 0.3) is 0 Å². The second-order valence-electron chi connectivity index (χ2n) is 6.84. The van der Waals surface area contributed by atoms with Gasteiger partial charge in [0.1, 0.15) is 0 Å². The molecule has 0 saturated heterocycles. The highest BCUT2D eigenvalue weighted by Gasteiger charge is 2.32. The molecular formula is C14H25N3O. The molecule has 4 heteroatoms. The van der Waals surface area contributed by atoms with Gasteiger partial charge in [0.2, 0.25) is 0 Å². The average Bonchev–Trinajstić information content (AvgIpc) is 2.64. The Balaban J connectivity index is 2.85. The van der Waals surface area contributed by atoms with Gasteiger partial charge in [-0.05, 0) is 20.8 Å². The second kappa shape index (κ2) is 5.22. The van der Waals surface area contributed by atoms with Crippen LogP contribution in [-0.2, 0) is 11.2 Å². The van der Waals surface area contributed by atoms with E-state index >= 15 is 0 Å². The summed E-state index contributed by atoms with van der Waals surface area (Å²) < 4.78 is 0. The second-order valence-corrected chi connectivity index (χ2v) is 6.84. The molecule has 0 bridgehead atoms. The van der Waals surface area contributed by atoms with E-state index in [1.165, 1.54) is 0 Å². The quantitative estimate of drug-likeness (QED) is 0.863. The summed E-state index contributed by atoms with van der Waals surface area (Å²) >= 11 is 0. The van der Waals surface area contributed by atoms with Crippen molar-refractivity contribution in [2.45, 2.75) is 59.5 Å². The zero-order chi connectivity index (χ0) is 14.0. The summed E-state index contributed by atoms with van der Waals surface area (Å²) in [6, 6.07) is -0.189. The monoisotopic (exact) mass is 251 g/mol. The molecule has 1 aromatic heterocycles. The van der Waals surface area contributed by atoms with E-state index in [1.807, 2.05) is 20.8 Å². The Bertz CT molecular complexity index is 382. The SMILES string of the molecule is CC(C)(C)N[C@@H](Cc1cnc[nH]1)C(=O)C(C)(C)C. The minimum atomic E-state index is -0.344. The molecule has 1 rings (SSSR count). The van der Waals surface area contributed by atoms with Gasteiger partial charge in [0.05, 0.1) is 12.4 Å². The highest BCUT2D eigenvalue weighted by atomic mass is 16.1. The van der Waals surface area contributed by atoms with Crippen LogP contribution in [0.2, 0.25) is 0 Å². The average molecular weight is 251 g/mol. The third kappa shape index (κ3) is 4.61. The molecule has 18 heavy (non-hydrogen) atoms. The summed E-state index contributed by atoms with van der Waals surface area (Å²) in [5, 5.41) is 3.40. The number of carbonyl (C=O) groups is 1. The number of nitrogens with zero attached hydrogens (tertiary/aromatic N) is 1. The number of imidazole rings is 1. The molecule has 4 nitrogen and oxygen atoms in total. The summed E-state index contributed by atoms with van der Waals surface area (Å²) in [7, 11) is 0. The first-order valence-electron chi connectivity index (χ1n) is 6.39. The molecule has 1 atom stereocenters. The fraction of sp³-hybridized carbons (Fsp3) is 0.714. The molecule has 1 heterocycles. The van der Waals surface area contributed by atoms with Crippen molar-refractivity contribution in [3.8, 4) is 0 Å². The number of hydrogen-bond acceptors (Lipinski definition) is 3. The van der Waals surface area contributed by atoms with Crippen molar-refractivity contribution >= 4 is 5.78 Å². The molecule has 0 amide bonds. The molecular weight excluding hydrogens is 226 g/mol. The molecule has 102 valence electrons. The Labute approximate surface area is 110 Å². The van der Waals surface area contributed by atoms with Crippen LogP contribution in [0.4, 0.5) is 0 Å². The predicted molar refractivity (Wildman–Crippen MR) is 73.4 cm³/mol. The van der Waals surface area contributed by atoms with E-state index in [0.717, 1.165) is 5.69 Å². The molecule has 0 aliphatic rings. The van der Waals surface area contributed by atoms with Gasteiger partial charge in [0.25, 0.3) is 0 Å². The Kier molecular flexibility index (Phi) is 4.32. The lowest BCUT2D eigenvalue weighted by Crippen LogP contribution is -2.51. The molecule has 0 radical (unpaired) electrons. The smallest absolute Gasteiger partial charge is 0.155 e. The highest BCUT2D eigenvalue weighted by Crippen LogP contribution is 2.20. The first kappa shape index (κ1) is 14.9. The summed E-state index contributed by atoms with van der Waals surface area (Å²) in [6.07, 6.45) is 4.06. The molecule has 0 aliphatic carbocycles. The molecule has 0 saturated carbocycles. The predicted octanol–water partition coefficient (Wildman–Crippen LogP) is 2.32. The van der Waals surface area contributed by atoms with Gasteiger partial charge in [-0.15, -0.1) is 0 Å². The maximum absolute atomic E-state index is 12.5. The van der Waals surface area contributed by atoms with E-state index in [2.05, 4.69) is 36.1 Å². The topological polar surface area (TPSA) is 57.8 Å². The Hall–Kier alpha value is -1.16. The van der Waals surface area contributed by atoms with Crippen LogP contribution >= 0.6 is 0 Å². The van der Waals surface area contributed by atoms with Gasteiger partial charge >= 0.3 is 0 Å². The standard InChI is InChI=1S/C14H25N3O/c1-13(2,3)12(18)11(17-14(4,5)6)7-10-8-15-9-16-10/h8-9,11,17H,7H2,1-6H3,(H,15,16)/t11-/m0/s1. The lowest BCUT2D eigenvalue weighted by Gasteiger charge is -2.31. The van der Waals surface area contributed by atoms with Crippen molar-refractivity contribution < 1.29 is 4.79 Å². The van der Waals surface area contributed by atoms with Gasteiger partial charge in [-0.25, -0.2) is 4.98 Å². The number of carbonyl (C=O) groups excluding carboxylic acids is 1. The Morgan fingerprint density at radius 3 is 2.33 bits per heavy atom. The van der Waals surface area contributed by atoms with Gasteiger partial charge in [-0.1, -0.05) is 20.8 Å². The molecule has 0 aromatic carbocycles. The van der Waals surface area contributed by atoms with Gasteiger partial charge in [0.15, 0.2) is 5.78 Å². The summed E-state index contributed by atoms with van der Waals surface area (Å²) in [5.41, 5.74) is 0.545. The zero-order valence-electron chi connectivity index (χ0n) is 12.3. The number of nitrogens with one attached hydrogen (secondary N) is 2. The van der Waals surface area contributed by atoms with Crippen LogP contribution in [-0.4, -0.2) is 27.3 Å². The van der Waals surface area contributed by atoms with Crippen LogP contribution < -0.4 is 5.32 Å². The Morgan fingerprint density at radius 1 is 1.33 bits per heavy atom. The van der Waals surface area contributed by atoms with Gasteiger partial charge in [0, 0.05) is 29.3 Å². The van der Waals surface area contributed by atoms with Crippen LogP contribution in [0.15, 0.2) is 12.5 Å². The number of Topliss-reactive ketones (excluding diaryl/α,β-unsaturated/α-hetero) is 1. The number of aromatic amines is 1. The molecule has 0 fully saturated rings. The van der Waals surface area contributed by atoms with Crippen LogP contribution in [0.3, 0.4) is 0 Å². The molecule has 1 aromatic rings. The lowest BCUT2D eigenvalue weighted by molar-refractivity contribution is -0.128. The van der Waals surface area contributed by atoms with Crippen molar-refractivity contribution in [2.75, 3.05) is 0 Å². The van der Waals surface area contributed by atoms with Gasteiger partial charge < -0.3 is 10.3 Å². The summed E-state index contributed by atoms with van der Waals surface area (Å²) in [5.74, 6) is 0.229. The first-order chi connectivity index (χ1) is 8.09. The number of H-pyrrole nitrogens is 1. The maximum Gasteiger partial charge on any atom is 0.155 e. The minimum absolute atomic E-state index is 0.0917. The van der Waals surface area contributed by atoms with Gasteiger partial charge in [-0.3, -0.25) is 4.79 Å². The third-order valence-electron chi connectivity index (χ3n) is 2.64. The van der Waals surface area contributed by atoms with Crippen LogP contribution in [0.5, 0.6) is 0 Å². The fourth-order valence-electron chi connectivity index (χ4n) is 1.87. The number of aromatic nitrogens is 2. The largest absolute Gasteiger partial charge is 0.348 e. The van der Waals surface area contributed by atoms with Crippen molar-refractivity contribution in [3.05, 3.63) is 18.2 Å². The number of rotatable bonds is 4. The third-order valence-corrected chi connectivity index (χ3v) is 2.64. The Morgan fingerprint density at radius 2 is 1.94 bits per heavy atom. The summed E-state index contributed by atoms with van der Waals surface area (Å²) in [4.78, 5) is 19.5. The van der Waals surface area contributed by atoms with E-state index in [-0.39, 0.29) is 22.8 Å². The molecule has 0 unspecified atom stereocenters. The van der Waals surface area contributed by atoms with E-state index < -0.39 is 0 Å². The van der Waals surface area contributed by atoms with Crippen LogP contribution in [0.1, 0.15) is 47.2 Å². The fourth-order valence-corrected chi connectivity index (χ4v) is 1.87. The van der Waals surface area contributed by atoms with Crippen molar-refractivity contribution in [2.24, 2.45) is 5.41 Å². The normalized spacial score (nSPS) is 14.6. The van der Waals surface area contributed by atoms with E-state index in [9.17, 15) is 4.79 Å². The zero-order valence-corrected chi connectivity index (χ0v) is 12.3. The highest BCUT2D eigenvalue weighted by molar-refractivity contribution is 5.89. The summed E-state index contributed by atoms with van der Waals surface area (Å²) in [6.45, 7) is 12.1. The first-order valence-corrected chi connectivity index (χ1v) is 6.39. The lowest BCUT2D eigenvalue weighted by atomic mass is 9.84.